The minimum atomic E-state index is -3.44. The Morgan fingerprint density at radius 1 is 0.960 bits per heavy atom. The molecule has 0 atom stereocenters. The number of sulfonamides is 1. The molecule has 1 aliphatic heterocycles. The van der Waals surface area contributed by atoms with Crippen LogP contribution in [-0.4, -0.2) is 38.9 Å². The van der Waals surface area contributed by atoms with Crippen LogP contribution < -0.4 is 4.90 Å². The maximum atomic E-state index is 12.9. The van der Waals surface area contributed by atoms with Crippen LogP contribution in [0.3, 0.4) is 0 Å². The summed E-state index contributed by atoms with van der Waals surface area (Å²) < 4.78 is 27.3. The molecule has 0 unspecified atom stereocenters. The zero-order chi connectivity index (χ0) is 18.0. The summed E-state index contributed by atoms with van der Waals surface area (Å²) in [4.78, 5) is 2.54. The molecule has 0 aromatic heterocycles. The summed E-state index contributed by atoms with van der Waals surface area (Å²) in [6, 6.07) is 14.9. The van der Waals surface area contributed by atoms with Crippen molar-refractivity contribution in [3.63, 3.8) is 0 Å². The van der Waals surface area contributed by atoms with Crippen LogP contribution in [0.2, 0.25) is 5.02 Å². The predicted octanol–water partition coefficient (Wildman–Crippen LogP) is 3.97. The first-order chi connectivity index (χ1) is 11.9. The first-order valence-electron chi connectivity index (χ1n) is 8.48. The van der Waals surface area contributed by atoms with Gasteiger partial charge in [-0.1, -0.05) is 43.6 Å². The van der Waals surface area contributed by atoms with E-state index in [-0.39, 0.29) is 0 Å². The maximum Gasteiger partial charge on any atom is 0.243 e. The lowest BCUT2D eigenvalue weighted by Crippen LogP contribution is -2.48. The molecule has 0 amide bonds. The Kier molecular flexibility index (Phi) is 5.37. The second-order valence-corrected chi connectivity index (χ2v) is 8.97. The van der Waals surface area contributed by atoms with Crippen LogP contribution >= 0.6 is 11.6 Å². The van der Waals surface area contributed by atoms with Gasteiger partial charge in [-0.2, -0.15) is 4.31 Å². The molecule has 0 radical (unpaired) electrons. The standard InChI is InChI=1S/C19H23ClN2O2S/c1-15(2)16-6-8-19(9-7-16)25(23,24)22-12-10-21(11-13-22)18-5-3-4-17(20)14-18/h3-9,14-15H,10-13H2,1-2H3. The highest BCUT2D eigenvalue weighted by Crippen LogP contribution is 2.24. The van der Waals surface area contributed by atoms with E-state index >= 15 is 0 Å². The van der Waals surface area contributed by atoms with Gasteiger partial charge in [0.1, 0.15) is 0 Å². The molecule has 0 aliphatic carbocycles. The quantitative estimate of drug-likeness (QED) is 0.808. The zero-order valence-corrected chi connectivity index (χ0v) is 16.1. The van der Waals surface area contributed by atoms with Crippen molar-refractivity contribution in [3.05, 3.63) is 59.1 Å². The second-order valence-electron chi connectivity index (χ2n) is 6.59. The van der Waals surface area contributed by atoms with E-state index in [0.29, 0.717) is 42.0 Å². The predicted molar refractivity (Wildman–Crippen MR) is 103 cm³/mol. The summed E-state index contributed by atoms with van der Waals surface area (Å²) in [6.45, 7) is 6.45. The van der Waals surface area contributed by atoms with Crippen molar-refractivity contribution in [1.29, 1.82) is 0 Å². The van der Waals surface area contributed by atoms with Gasteiger partial charge < -0.3 is 4.90 Å². The number of anilines is 1. The van der Waals surface area contributed by atoms with Gasteiger partial charge in [0.15, 0.2) is 0 Å². The molecule has 134 valence electrons. The summed E-state index contributed by atoms with van der Waals surface area (Å²) in [7, 11) is -3.44. The van der Waals surface area contributed by atoms with Crippen LogP contribution in [-0.2, 0) is 10.0 Å². The van der Waals surface area contributed by atoms with Crippen LogP contribution in [0.4, 0.5) is 5.69 Å². The number of piperazine rings is 1. The van der Waals surface area contributed by atoms with Crippen molar-refractivity contribution in [2.45, 2.75) is 24.7 Å². The minimum Gasteiger partial charge on any atom is -0.369 e. The van der Waals surface area contributed by atoms with E-state index in [1.54, 1.807) is 16.4 Å². The van der Waals surface area contributed by atoms with Crippen molar-refractivity contribution in [3.8, 4) is 0 Å². The summed E-state index contributed by atoms with van der Waals surface area (Å²) in [6.07, 6.45) is 0. The molecule has 2 aromatic rings. The SMILES string of the molecule is CC(C)c1ccc(S(=O)(=O)N2CCN(c3cccc(Cl)c3)CC2)cc1. The molecule has 0 saturated carbocycles. The molecule has 0 spiro atoms. The average Bonchev–Trinajstić information content (AvgIpc) is 2.62. The fraction of sp³-hybridized carbons (Fsp3) is 0.368. The van der Waals surface area contributed by atoms with Crippen LogP contribution in [0.1, 0.15) is 25.3 Å². The van der Waals surface area contributed by atoms with Gasteiger partial charge in [-0.05, 0) is 41.8 Å². The Hall–Kier alpha value is -1.56. The van der Waals surface area contributed by atoms with Crippen molar-refractivity contribution in [2.75, 3.05) is 31.1 Å². The van der Waals surface area contributed by atoms with Gasteiger partial charge in [0.25, 0.3) is 0 Å². The summed E-state index contributed by atoms with van der Waals surface area (Å²) >= 11 is 6.05. The van der Waals surface area contributed by atoms with Crippen molar-refractivity contribution in [2.24, 2.45) is 0 Å². The number of hydrogen-bond acceptors (Lipinski definition) is 3. The fourth-order valence-corrected chi connectivity index (χ4v) is 4.64. The van der Waals surface area contributed by atoms with E-state index in [9.17, 15) is 8.42 Å². The Bertz CT molecular complexity index is 827. The second kappa shape index (κ2) is 7.36. The number of halogens is 1. The molecular formula is C19H23ClN2O2S. The topological polar surface area (TPSA) is 40.6 Å². The van der Waals surface area contributed by atoms with E-state index in [0.717, 1.165) is 11.3 Å². The third-order valence-electron chi connectivity index (χ3n) is 4.60. The normalized spacial score (nSPS) is 16.4. The number of rotatable bonds is 4. The molecule has 1 fully saturated rings. The maximum absolute atomic E-state index is 12.9. The van der Waals surface area contributed by atoms with Gasteiger partial charge in [0.2, 0.25) is 10.0 Å². The van der Waals surface area contributed by atoms with Gasteiger partial charge in [0.05, 0.1) is 4.90 Å². The molecule has 1 saturated heterocycles. The fourth-order valence-electron chi connectivity index (χ4n) is 3.03. The molecule has 6 heteroatoms. The highest BCUT2D eigenvalue weighted by Gasteiger charge is 2.28. The van der Waals surface area contributed by atoms with E-state index in [2.05, 4.69) is 18.7 Å². The number of hydrogen-bond donors (Lipinski definition) is 0. The lowest BCUT2D eigenvalue weighted by atomic mass is 10.0. The molecule has 0 bridgehead atoms. The third-order valence-corrected chi connectivity index (χ3v) is 6.74. The lowest BCUT2D eigenvalue weighted by molar-refractivity contribution is 0.385. The van der Waals surface area contributed by atoms with E-state index in [1.165, 1.54) is 0 Å². The van der Waals surface area contributed by atoms with Gasteiger partial charge in [-0.3, -0.25) is 0 Å². The van der Waals surface area contributed by atoms with E-state index < -0.39 is 10.0 Å². The first-order valence-corrected chi connectivity index (χ1v) is 10.3. The van der Waals surface area contributed by atoms with Gasteiger partial charge in [0, 0.05) is 36.9 Å². The van der Waals surface area contributed by atoms with E-state index in [1.807, 2.05) is 36.4 Å². The highest BCUT2D eigenvalue weighted by molar-refractivity contribution is 7.89. The third kappa shape index (κ3) is 4.00. The van der Waals surface area contributed by atoms with Crippen LogP contribution in [0.25, 0.3) is 0 Å². The van der Waals surface area contributed by atoms with Gasteiger partial charge in [-0.15, -0.1) is 0 Å². The van der Waals surface area contributed by atoms with Crippen molar-refractivity contribution < 1.29 is 8.42 Å². The molecule has 4 nitrogen and oxygen atoms in total. The minimum absolute atomic E-state index is 0.369. The summed E-state index contributed by atoms with van der Waals surface area (Å²) in [5.74, 6) is 0.387. The monoisotopic (exact) mass is 378 g/mol. The van der Waals surface area contributed by atoms with E-state index in [4.69, 9.17) is 11.6 Å². The Morgan fingerprint density at radius 3 is 2.16 bits per heavy atom. The first kappa shape index (κ1) is 18.2. The average molecular weight is 379 g/mol. The molecule has 1 heterocycles. The molecular weight excluding hydrogens is 356 g/mol. The smallest absolute Gasteiger partial charge is 0.243 e. The summed E-state index contributed by atoms with van der Waals surface area (Å²) in [5.41, 5.74) is 2.18. The van der Waals surface area contributed by atoms with Crippen LogP contribution in [0.15, 0.2) is 53.4 Å². The van der Waals surface area contributed by atoms with Crippen molar-refractivity contribution in [1.82, 2.24) is 4.31 Å². The molecule has 0 N–H and O–H groups in total. The Balaban J connectivity index is 1.71. The summed E-state index contributed by atoms with van der Waals surface area (Å²) in [5, 5.41) is 0.692. The number of nitrogens with zero attached hydrogens (tertiary/aromatic N) is 2. The highest BCUT2D eigenvalue weighted by atomic mass is 35.5. The van der Waals surface area contributed by atoms with Crippen LogP contribution in [0, 0.1) is 0 Å². The van der Waals surface area contributed by atoms with Gasteiger partial charge in [-0.25, -0.2) is 8.42 Å². The van der Waals surface area contributed by atoms with Gasteiger partial charge >= 0.3 is 0 Å². The molecule has 3 rings (SSSR count). The molecule has 2 aromatic carbocycles. The Morgan fingerprint density at radius 2 is 1.60 bits per heavy atom. The number of benzene rings is 2. The van der Waals surface area contributed by atoms with Crippen molar-refractivity contribution >= 4 is 27.3 Å². The Labute approximate surface area is 155 Å². The lowest BCUT2D eigenvalue weighted by Gasteiger charge is -2.35. The van der Waals surface area contributed by atoms with Crippen LogP contribution in [0.5, 0.6) is 0 Å². The largest absolute Gasteiger partial charge is 0.369 e. The molecule has 25 heavy (non-hydrogen) atoms. The zero-order valence-electron chi connectivity index (χ0n) is 14.5. The molecule has 1 aliphatic rings.